The van der Waals surface area contributed by atoms with Crippen molar-refractivity contribution in [1.29, 1.82) is 5.26 Å². The van der Waals surface area contributed by atoms with Gasteiger partial charge in [0.1, 0.15) is 16.8 Å². The van der Waals surface area contributed by atoms with Crippen molar-refractivity contribution in [2.24, 2.45) is 0 Å². The van der Waals surface area contributed by atoms with Gasteiger partial charge in [-0.1, -0.05) is 30.3 Å². The van der Waals surface area contributed by atoms with Crippen LogP contribution in [0.4, 0.5) is 0 Å². The summed E-state index contributed by atoms with van der Waals surface area (Å²) in [6, 6.07) is 17.7. The van der Waals surface area contributed by atoms with E-state index < -0.39 is 0 Å². The van der Waals surface area contributed by atoms with Crippen LogP contribution in [0.25, 0.3) is 22.4 Å². The number of hydrogen-bond acceptors (Lipinski definition) is 4. The van der Waals surface area contributed by atoms with Crippen LogP contribution in [0.2, 0.25) is 0 Å². The second-order valence-corrected chi connectivity index (χ2v) is 5.43. The van der Waals surface area contributed by atoms with Crippen molar-refractivity contribution >= 4 is 33.7 Å². The lowest BCUT2D eigenvalue weighted by molar-refractivity contribution is 0.368. The van der Waals surface area contributed by atoms with Gasteiger partial charge < -0.3 is 4.74 Å². The highest BCUT2D eigenvalue weighted by molar-refractivity contribution is 7.19. The highest BCUT2D eigenvalue weighted by Crippen LogP contribution is 2.23. The minimum Gasteiger partial charge on any atom is -0.479 e. The van der Waals surface area contributed by atoms with Gasteiger partial charge in [0.15, 0.2) is 6.61 Å². The van der Waals surface area contributed by atoms with Crippen LogP contribution in [0.3, 0.4) is 0 Å². The fourth-order valence-electron chi connectivity index (χ4n) is 1.92. The predicted molar refractivity (Wildman–Crippen MR) is 86.1 cm³/mol. The molecule has 0 amide bonds. The molecule has 0 saturated carbocycles. The number of hydrogen-bond donors (Lipinski definition) is 0. The van der Waals surface area contributed by atoms with Gasteiger partial charge in [0, 0.05) is 0 Å². The molecular formula is C17H12N2OS. The first-order chi connectivity index (χ1) is 10.3. The fourth-order valence-corrected chi connectivity index (χ4v) is 2.79. The first-order valence-corrected chi connectivity index (χ1v) is 7.30. The van der Waals surface area contributed by atoms with Gasteiger partial charge >= 0.3 is 0 Å². The van der Waals surface area contributed by atoms with Crippen LogP contribution < -0.4 is 4.74 Å². The van der Waals surface area contributed by atoms with Crippen LogP contribution in [0.5, 0.6) is 5.75 Å². The molecule has 0 aliphatic carbocycles. The zero-order chi connectivity index (χ0) is 14.5. The molecule has 0 saturated heterocycles. The van der Waals surface area contributed by atoms with Gasteiger partial charge in [0.2, 0.25) is 0 Å². The normalized spacial score (nSPS) is 10.8. The molecule has 4 heteroatoms. The summed E-state index contributed by atoms with van der Waals surface area (Å²) >= 11 is 1.67. The molecule has 0 N–H and O–H groups in total. The average molecular weight is 292 g/mol. The van der Waals surface area contributed by atoms with E-state index in [4.69, 9.17) is 10.00 Å². The van der Waals surface area contributed by atoms with E-state index >= 15 is 0 Å². The smallest absolute Gasteiger partial charge is 0.174 e. The van der Waals surface area contributed by atoms with Crippen LogP contribution in [-0.2, 0) is 0 Å². The minimum atomic E-state index is 0.0703. The Hall–Kier alpha value is -2.64. The van der Waals surface area contributed by atoms with Crippen molar-refractivity contribution in [2.45, 2.75) is 0 Å². The molecule has 3 rings (SSSR count). The molecule has 0 atom stereocenters. The maximum atomic E-state index is 8.46. The van der Waals surface area contributed by atoms with E-state index in [1.54, 1.807) is 11.3 Å². The molecule has 0 fully saturated rings. The molecule has 3 nitrogen and oxygen atoms in total. The van der Waals surface area contributed by atoms with Crippen molar-refractivity contribution in [1.82, 2.24) is 4.98 Å². The summed E-state index contributed by atoms with van der Waals surface area (Å²) in [5.41, 5.74) is 2.10. The van der Waals surface area contributed by atoms with Gasteiger partial charge in [0.05, 0.1) is 10.2 Å². The van der Waals surface area contributed by atoms with Crippen LogP contribution in [-0.4, -0.2) is 11.6 Å². The van der Waals surface area contributed by atoms with Crippen molar-refractivity contribution in [3.63, 3.8) is 0 Å². The van der Waals surface area contributed by atoms with E-state index in [9.17, 15) is 0 Å². The molecule has 3 aromatic rings. The molecule has 1 heterocycles. The van der Waals surface area contributed by atoms with E-state index in [0.29, 0.717) is 5.75 Å². The third kappa shape index (κ3) is 3.28. The quantitative estimate of drug-likeness (QED) is 0.717. The first-order valence-electron chi connectivity index (χ1n) is 6.48. The van der Waals surface area contributed by atoms with E-state index in [1.807, 2.05) is 60.7 Å². The molecule has 102 valence electrons. The second kappa shape index (κ2) is 6.21. The molecule has 0 bridgehead atoms. The zero-order valence-corrected chi connectivity index (χ0v) is 12.0. The number of nitriles is 1. The number of fused-ring (bicyclic) bond motifs is 1. The maximum Gasteiger partial charge on any atom is 0.174 e. The lowest BCUT2D eigenvalue weighted by Crippen LogP contribution is -1.92. The summed E-state index contributed by atoms with van der Waals surface area (Å²) in [4.78, 5) is 4.56. The number of benzene rings is 2. The van der Waals surface area contributed by atoms with Gasteiger partial charge in [0.25, 0.3) is 0 Å². The van der Waals surface area contributed by atoms with E-state index in [0.717, 1.165) is 16.1 Å². The summed E-state index contributed by atoms with van der Waals surface area (Å²) in [6.07, 6.45) is 4.03. The van der Waals surface area contributed by atoms with Gasteiger partial charge in [-0.25, -0.2) is 4.98 Å². The van der Waals surface area contributed by atoms with Crippen molar-refractivity contribution in [2.75, 3.05) is 6.61 Å². The number of rotatable bonds is 4. The Labute approximate surface area is 126 Å². The Kier molecular flexibility index (Phi) is 3.95. The number of ether oxygens (including phenoxy) is 1. The van der Waals surface area contributed by atoms with Crippen molar-refractivity contribution < 1.29 is 4.74 Å². The summed E-state index contributed by atoms with van der Waals surface area (Å²) in [5, 5.41) is 9.45. The topological polar surface area (TPSA) is 45.9 Å². The monoisotopic (exact) mass is 292 g/mol. The minimum absolute atomic E-state index is 0.0703. The largest absolute Gasteiger partial charge is 0.479 e. The number of nitrogens with zero attached hydrogens (tertiary/aromatic N) is 2. The van der Waals surface area contributed by atoms with Gasteiger partial charge in [-0.3, -0.25) is 0 Å². The zero-order valence-electron chi connectivity index (χ0n) is 11.2. The summed E-state index contributed by atoms with van der Waals surface area (Å²) < 4.78 is 6.41. The lowest BCUT2D eigenvalue weighted by Gasteiger charge is -2.00. The third-order valence-corrected chi connectivity index (χ3v) is 3.91. The Morgan fingerprint density at radius 1 is 1.10 bits per heavy atom. The Balaban J connectivity index is 1.74. The summed E-state index contributed by atoms with van der Waals surface area (Å²) in [6.45, 7) is 0.0703. The van der Waals surface area contributed by atoms with Crippen LogP contribution in [0.1, 0.15) is 10.6 Å². The molecule has 0 aliphatic rings. The highest BCUT2D eigenvalue weighted by atomic mass is 32.1. The molecule has 0 radical (unpaired) electrons. The molecule has 1 aromatic heterocycles. The number of aromatic nitrogens is 1. The molecule has 0 unspecified atom stereocenters. The average Bonchev–Trinajstić information content (AvgIpc) is 2.95. The van der Waals surface area contributed by atoms with Crippen LogP contribution in [0.15, 0.2) is 48.5 Å². The Bertz CT molecular complexity index is 780. The first kappa shape index (κ1) is 13.3. The predicted octanol–water partition coefficient (Wildman–Crippen LogP) is 4.37. The second-order valence-electron chi connectivity index (χ2n) is 4.37. The third-order valence-electron chi connectivity index (χ3n) is 2.91. The molecule has 2 aromatic carbocycles. The maximum absolute atomic E-state index is 8.46. The number of thiazole rings is 1. The van der Waals surface area contributed by atoms with Crippen molar-refractivity contribution in [3.05, 3.63) is 59.1 Å². The Morgan fingerprint density at radius 3 is 2.67 bits per heavy atom. The van der Waals surface area contributed by atoms with E-state index in [-0.39, 0.29) is 6.61 Å². The SMILES string of the molecule is N#CCOc1ccc(/C=C/c2nc3ccccc3s2)cc1. The number of para-hydroxylation sites is 1. The van der Waals surface area contributed by atoms with Gasteiger partial charge in [-0.2, -0.15) is 5.26 Å². The van der Waals surface area contributed by atoms with Crippen molar-refractivity contribution in [3.8, 4) is 11.8 Å². The molecule has 21 heavy (non-hydrogen) atoms. The van der Waals surface area contributed by atoms with Crippen LogP contribution >= 0.6 is 11.3 Å². The Morgan fingerprint density at radius 2 is 1.90 bits per heavy atom. The van der Waals surface area contributed by atoms with Crippen LogP contribution in [0, 0.1) is 11.3 Å². The standard InChI is InChI=1S/C17H12N2OS/c18-11-12-20-14-8-5-13(6-9-14)7-10-17-19-15-3-1-2-4-16(15)21-17/h1-10H,12H2/b10-7+. The van der Waals surface area contributed by atoms with E-state index in [1.165, 1.54) is 4.70 Å². The van der Waals surface area contributed by atoms with E-state index in [2.05, 4.69) is 11.1 Å². The van der Waals surface area contributed by atoms with Gasteiger partial charge in [-0.15, -0.1) is 11.3 Å². The molecule has 0 spiro atoms. The summed E-state index contributed by atoms with van der Waals surface area (Å²) in [5.74, 6) is 0.702. The molecular weight excluding hydrogens is 280 g/mol. The van der Waals surface area contributed by atoms with Gasteiger partial charge in [-0.05, 0) is 35.9 Å². The highest BCUT2D eigenvalue weighted by Gasteiger charge is 1.99. The molecule has 0 aliphatic heterocycles. The summed E-state index contributed by atoms with van der Waals surface area (Å²) in [7, 11) is 0. The lowest BCUT2D eigenvalue weighted by atomic mass is 10.2. The fraction of sp³-hybridized carbons (Fsp3) is 0.0588.